The average molecular weight is 629 g/mol. The lowest BCUT2D eigenvalue weighted by atomic mass is 9.71. The maximum absolute atomic E-state index is 13.9. The van der Waals surface area contributed by atoms with Crippen LogP contribution < -0.4 is 9.64 Å². The molecule has 236 valence electrons. The molecule has 0 atom stereocenters. The number of hydrogen-bond acceptors (Lipinski definition) is 7. The molecule has 3 fully saturated rings. The first-order valence-corrected chi connectivity index (χ1v) is 17.2. The molecule has 45 heavy (non-hydrogen) atoms. The lowest BCUT2D eigenvalue weighted by Gasteiger charge is -2.47. The molecule has 1 amide bonds. The van der Waals surface area contributed by atoms with Gasteiger partial charge in [0.15, 0.2) is 0 Å². The van der Waals surface area contributed by atoms with Gasteiger partial charge in [-0.3, -0.25) is 9.78 Å². The Balaban J connectivity index is 1.07. The van der Waals surface area contributed by atoms with E-state index in [1.807, 2.05) is 35.5 Å². The minimum atomic E-state index is -3.82. The summed E-state index contributed by atoms with van der Waals surface area (Å²) in [5.41, 5.74) is 3.27. The summed E-state index contributed by atoms with van der Waals surface area (Å²) in [5, 5.41) is 0. The van der Waals surface area contributed by atoms with Crippen LogP contribution in [0.4, 0.5) is 5.69 Å². The van der Waals surface area contributed by atoms with Gasteiger partial charge in [0.25, 0.3) is 5.91 Å². The lowest BCUT2D eigenvalue weighted by Crippen LogP contribution is -2.48. The predicted octanol–water partition coefficient (Wildman–Crippen LogP) is 5.11. The Morgan fingerprint density at radius 1 is 0.956 bits per heavy atom. The lowest BCUT2D eigenvalue weighted by molar-refractivity contribution is 0.0516. The van der Waals surface area contributed by atoms with E-state index in [4.69, 9.17) is 9.72 Å². The third-order valence-corrected chi connectivity index (χ3v) is 12.6. The molecule has 0 bridgehead atoms. The highest BCUT2D eigenvalue weighted by Gasteiger charge is 2.55. The summed E-state index contributed by atoms with van der Waals surface area (Å²) in [7, 11) is -0.633. The highest BCUT2D eigenvalue weighted by molar-refractivity contribution is 7.89. The highest BCUT2D eigenvalue weighted by atomic mass is 32.2. The van der Waals surface area contributed by atoms with Crippen LogP contribution >= 0.6 is 0 Å². The minimum Gasteiger partial charge on any atom is -0.497 e. The minimum absolute atomic E-state index is 0.000415. The number of carbonyl (C=O) groups is 1. The number of benzene rings is 2. The number of ether oxygens (including phenoxy) is 1. The molecule has 3 aliphatic rings. The van der Waals surface area contributed by atoms with Crippen molar-refractivity contribution >= 4 is 32.7 Å². The zero-order chi connectivity index (χ0) is 31.4. The standard InChI is InChI=1S/C34H40N6O4S/c1-24-23-26(44-3)7-8-29(24)45(42,43)38(2)34(11-12-34)32-36-28-6-4-5-27(30(28)37-32)31(41)40-21-15-33(16-22-40)13-19-39(20-14-33)25-9-17-35-18-10-25/h4-10,17-18,23H,11-16,19-22H2,1-3H3,(H,36,37). The van der Waals surface area contributed by atoms with Crippen molar-refractivity contribution in [3.8, 4) is 5.75 Å². The quantitative estimate of drug-likeness (QED) is 0.303. The van der Waals surface area contributed by atoms with Crippen molar-refractivity contribution < 1.29 is 17.9 Å². The van der Waals surface area contributed by atoms with Crippen molar-refractivity contribution in [2.45, 2.75) is 55.9 Å². The summed E-state index contributed by atoms with van der Waals surface area (Å²) in [5.74, 6) is 1.19. The second kappa shape index (κ2) is 11.1. The van der Waals surface area contributed by atoms with Crippen LogP contribution in [0.3, 0.4) is 0 Å². The van der Waals surface area contributed by atoms with E-state index in [-0.39, 0.29) is 16.2 Å². The Kier molecular flexibility index (Phi) is 7.36. The molecule has 7 rings (SSSR count). The molecule has 2 aromatic heterocycles. The van der Waals surface area contributed by atoms with Gasteiger partial charge >= 0.3 is 0 Å². The van der Waals surface area contributed by atoms with Crippen molar-refractivity contribution in [1.82, 2.24) is 24.2 Å². The zero-order valence-corrected chi connectivity index (χ0v) is 26.9. The van der Waals surface area contributed by atoms with Crippen molar-refractivity contribution in [2.24, 2.45) is 5.41 Å². The second-order valence-electron chi connectivity index (χ2n) is 12.9. The van der Waals surface area contributed by atoms with Crippen molar-refractivity contribution in [3.05, 3.63) is 77.9 Å². The predicted molar refractivity (Wildman–Crippen MR) is 173 cm³/mol. The van der Waals surface area contributed by atoms with E-state index in [0.29, 0.717) is 46.6 Å². The number of imidazole rings is 1. The average Bonchev–Trinajstić information content (AvgIpc) is 3.75. The molecule has 2 aliphatic heterocycles. The molecule has 2 aromatic carbocycles. The van der Waals surface area contributed by atoms with E-state index < -0.39 is 15.6 Å². The normalized spacial score (nSPS) is 19.3. The molecule has 1 spiro atoms. The van der Waals surface area contributed by atoms with E-state index in [2.05, 4.69) is 27.0 Å². The van der Waals surface area contributed by atoms with Crippen molar-refractivity contribution in [2.75, 3.05) is 45.2 Å². The monoisotopic (exact) mass is 628 g/mol. The first kappa shape index (κ1) is 29.7. The summed E-state index contributed by atoms with van der Waals surface area (Å²) in [4.78, 5) is 31.0. The molecule has 2 saturated heterocycles. The maximum Gasteiger partial charge on any atom is 0.256 e. The summed E-state index contributed by atoms with van der Waals surface area (Å²) in [6.45, 7) is 5.29. The molecule has 1 N–H and O–H groups in total. The molecular formula is C34H40N6O4S. The Labute approximate surface area is 264 Å². The number of fused-ring (bicyclic) bond motifs is 1. The number of anilines is 1. The third-order valence-electron chi connectivity index (χ3n) is 10.5. The van der Waals surface area contributed by atoms with Crippen LogP contribution in [0.15, 0.2) is 65.8 Å². The number of likely N-dealkylation sites (tertiary alicyclic amines) is 1. The number of aromatic amines is 1. The molecule has 1 aliphatic carbocycles. The number of H-pyrrole nitrogens is 1. The van der Waals surface area contributed by atoms with Gasteiger partial charge in [-0.25, -0.2) is 13.4 Å². The van der Waals surface area contributed by atoms with E-state index in [0.717, 1.165) is 51.9 Å². The van der Waals surface area contributed by atoms with Gasteiger partial charge < -0.3 is 19.5 Å². The molecule has 0 radical (unpaired) electrons. The first-order valence-electron chi connectivity index (χ1n) is 15.7. The van der Waals surface area contributed by atoms with Crippen molar-refractivity contribution in [3.63, 3.8) is 0 Å². The largest absolute Gasteiger partial charge is 0.497 e. The number of hydrogen-bond donors (Lipinski definition) is 1. The van der Waals surface area contributed by atoms with Gasteiger partial charge in [-0.15, -0.1) is 0 Å². The highest BCUT2D eigenvalue weighted by Crippen LogP contribution is 2.52. The Hall–Kier alpha value is -3.96. The molecule has 10 nitrogen and oxygen atoms in total. The number of nitrogens with zero attached hydrogens (tertiary/aromatic N) is 5. The van der Waals surface area contributed by atoms with Gasteiger partial charge in [-0.2, -0.15) is 4.31 Å². The van der Waals surface area contributed by atoms with Crippen LogP contribution in [0.1, 0.15) is 60.3 Å². The van der Waals surface area contributed by atoms with E-state index in [9.17, 15) is 13.2 Å². The topological polar surface area (TPSA) is 112 Å². The Morgan fingerprint density at radius 3 is 2.29 bits per heavy atom. The number of para-hydroxylation sites is 1. The second-order valence-corrected chi connectivity index (χ2v) is 14.8. The fourth-order valence-electron chi connectivity index (χ4n) is 7.31. The number of rotatable bonds is 7. The van der Waals surface area contributed by atoms with Crippen LogP contribution in [-0.2, 0) is 15.6 Å². The number of aromatic nitrogens is 3. The summed E-state index contributed by atoms with van der Waals surface area (Å²) in [6, 6.07) is 14.7. The third kappa shape index (κ3) is 5.15. The van der Waals surface area contributed by atoms with E-state index in [1.165, 1.54) is 9.99 Å². The number of piperidine rings is 2. The number of pyridine rings is 1. The van der Waals surface area contributed by atoms with Gasteiger partial charge in [-0.05, 0) is 98.9 Å². The number of sulfonamides is 1. The number of nitrogens with one attached hydrogen (secondary N) is 1. The van der Waals surface area contributed by atoms with Gasteiger partial charge in [-0.1, -0.05) is 6.07 Å². The SMILES string of the molecule is COc1ccc(S(=O)(=O)N(C)C2(c3nc4cccc(C(=O)N5CCC6(CC5)CCN(c5ccncc5)CC6)c4[nH]3)CC2)c(C)c1. The van der Waals surface area contributed by atoms with Crippen LogP contribution in [0.25, 0.3) is 11.0 Å². The number of amides is 1. The van der Waals surface area contributed by atoms with Crippen LogP contribution in [0.5, 0.6) is 5.75 Å². The molecule has 1 saturated carbocycles. The number of carbonyl (C=O) groups excluding carboxylic acids is 1. The molecular weight excluding hydrogens is 588 g/mol. The Morgan fingerprint density at radius 2 is 1.64 bits per heavy atom. The Bertz CT molecular complexity index is 1830. The zero-order valence-electron chi connectivity index (χ0n) is 26.1. The fourth-order valence-corrected chi connectivity index (χ4v) is 9.04. The summed E-state index contributed by atoms with van der Waals surface area (Å²) < 4.78 is 34.3. The number of aryl methyl sites for hydroxylation is 1. The number of methoxy groups -OCH3 is 1. The fraction of sp³-hybridized carbons (Fsp3) is 0.441. The van der Waals surface area contributed by atoms with Gasteiger partial charge in [0.2, 0.25) is 10.0 Å². The molecule has 4 aromatic rings. The maximum atomic E-state index is 13.9. The summed E-state index contributed by atoms with van der Waals surface area (Å²) in [6.07, 6.45) is 9.26. The molecule has 4 heterocycles. The molecule has 11 heteroatoms. The first-order chi connectivity index (χ1) is 21.7. The van der Waals surface area contributed by atoms with Crippen LogP contribution in [0, 0.1) is 12.3 Å². The molecule has 0 unspecified atom stereocenters. The van der Waals surface area contributed by atoms with E-state index in [1.54, 1.807) is 39.3 Å². The van der Waals surface area contributed by atoms with Gasteiger partial charge in [0.05, 0.1) is 34.1 Å². The van der Waals surface area contributed by atoms with Crippen molar-refractivity contribution in [1.29, 1.82) is 0 Å². The van der Waals surface area contributed by atoms with Crippen LogP contribution in [0.2, 0.25) is 0 Å². The smallest absolute Gasteiger partial charge is 0.256 e. The van der Waals surface area contributed by atoms with Gasteiger partial charge in [0, 0.05) is 51.3 Å². The van der Waals surface area contributed by atoms with E-state index >= 15 is 0 Å². The van der Waals surface area contributed by atoms with Crippen LogP contribution in [-0.4, -0.2) is 78.8 Å². The van der Waals surface area contributed by atoms with Gasteiger partial charge in [0.1, 0.15) is 11.6 Å². The summed E-state index contributed by atoms with van der Waals surface area (Å²) >= 11 is 0.